The third kappa shape index (κ3) is 5.95. The summed E-state index contributed by atoms with van der Waals surface area (Å²) in [5.41, 5.74) is 0.404. The van der Waals surface area contributed by atoms with Gasteiger partial charge in [-0.2, -0.15) is 4.98 Å². The summed E-state index contributed by atoms with van der Waals surface area (Å²) in [6, 6.07) is 1.72. The number of amides is 1. The summed E-state index contributed by atoms with van der Waals surface area (Å²) >= 11 is 0. The van der Waals surface area contributed by atoms with E-state index in [1.54, 1.807) is 26.5 Å². The van der Waals surface area contributed by atoms with Crippen LogP contribution in [-0.2, 0) is 11.4 Å². The lowest BCUT2D eigenvalue weighted by atomic mass is 9.93. The van der Waals surface area contributed by atoms with Gasteiger partial charge in [0.25, 0.3) is 0 Å². The molecule has 0 aromatic carbocycles. The predicted molar refractivity (Wildman–Crippen MR) is 115 cm³/mol. The number of carbonyl (C=O) groups excluding carboxylic acids is 1. The molecule has 30 heavy (non-hydrogen) atoms. The number of carbonyl (C=O) groups is 1. The Morgan fingerprint density at radius 3 is 2.53 bits per heavy atom. The first-order chi connectivity index (χ1) is 14.4. The van der Waals surface area contributed by atoms with Crippen LogP contribution < -0.4 is 24.8 Å². The van der Waals surface area contributed by atoms with Gasteiger partial charge in [-0.05, 0) is 19.8 Å². The molecule has 0 radical (unpaired) electrons. The molecular formula is C21H31N5O4. The van der Waals surface area contributed by atoms with Crippen molar-refractivity contribution in [3.05, 3.63) is 24.2 Å². The van der Waals surface area contributed by atoms with Crippen molar-refractivity contribution < 1.29 is 19.0 Å². The Morgan fingerprint density at radius 2 is 1.93 bits per heavy atom. The molecule has 1 unspecified atom stereocenters. The average molecular weight is 418 g/mol. The second-order valence-corrected chi connectivity index (χ2v) is 7.16. The van der Waals surface area contributed by atoms with Gasteiger partial charge in [0.2, 0.25) is 11.9 Å². The minimum atomic E-state index is -0.244. The predicted octanol–water partition coefficient (Wildman–Crippen LogP) is 3.81. The quantitative estimate of drug-likeness (QED) is 0.568. The molecule has 0 aliphatic carbocycles. The minimum absolute atomic E-state index is 0.133. The Labute approximate surface area is 177 Å². The van der Waals surface area contributed by atoms with Crippen LogP contribution in [0.15, 0.2) is 18.5 Å². The van der Waals surface area contributed by atoms with Crippen LogP contribution in [0.1, 0.15) is 52.7 Å². The van der Waals surface area contributed by atoms with E-state index in [9.17, 15) is 4.79 Å². The summed E-state index contributed by atoms with van der Waals surface area (Å²) in [7, 11) is 3.12. The number of anilines is 2. The summed E-state index contributed by atoms with van der Waals surface area (Å²) in [5, 5.41) is 6.08. The molecule has 9 heteroatoms. The molecule has 0 bridgehead atoms. The number of ether oxygens (including phenoxy) is 3. The van der Waals surface area contributed by atoms with Gasteiger partial charge in [0.15, 0.2) is 23.1 Å². The van der Waals surface area contributed by atoms with E-state index in [1.165, 1.54) is 13.1 Å². The van der Waals surface area contributed by atoms with Crippen molar-refractivity contribution in [2.45, 2.75) is 59.1 Å². The summed E-state index contributed by atoms with van der Waals surface area (Å²) < 4.78 is 16.7. The Balaban J connectivity index is 2.33. The van der Waals surface area contributed by atoms with Gasteiger partial charge in [-0.1, -0.05) is 20.3 Å². The van der Waals surface area contributed by atoms with Crippen molar-refractivity contribution in [3.8, 4) is 17.2 Å². The highest BCUT2D eigenvalue weighted by Gasteiger charge is 2.24. The van der Waals surface area contributed by atoms with Gasteiger partial charge in [0.1, 0.15) is 12.3 Å². The molecule has 2 rings (SSSR count). The number of aromatic nitrogens is 3. The van der Waals surface area contributed by atoms with Crippen molar-refractivity contribution in [1.82, 2.24) is 15.0 Å². The van der Waals surface area contributed by atoms with Gasteiger partial charge in [-0.15, -0.1) is 0 Å². The van der Waals surface area contributed by atoms with E-state index in [-0.39, 0.29) is 24.0 Å². The molecule has 0 saturated carbocycles. The zero-order valence-corrected chi connectivity index (χ0v) is 18.5. The van der Waals surface area contributed by atoms with Gasteiger partial charge in [-0.3, -0.25) is 15.1 Å². The standard InChI is InChI=1S/C21H31N5O4/c1-7-10-21(4,8-2)26-19-17(12-23-20(25-19)24-14(3)27)30-13-15-18(29-6)16(28-5)9-11-22-15/h9,11-12H,7-8,10,13H2,1-6H3,(H2,23,24,25,26,27). The number of nitrogens with zero attached hydrogens (tertiary/aromatic N) is 3. The van der Waals surface area contributed by atoms with Crippen LogP contribution in [0.2, 0.25) is 0 Å². The molecule has 0 aliphatic heterocycles. The molecule has 2 aromatic rings. The Hall–Kier alpha value is -3.10. The summed E-state index contributed by atoms with van der Waals surface area (Å²) in [6.07, 6.45) is 6.03. The van der Waals surface area contributed by atoms with E-state index in [0.29, 0.717) is 28.8 Å². The normalized spacial score (nSPS) is 12.6. The van der Waals surface area contributed by atoms with Crippen LogP contribution in [0.4, 0.5) is 11.8 Å². The van der Waals surface area contributed by atoms with E-state index in [0.717, 1.165) is 19.3 Å². The fourth-order valence-corrected chi connectivity index (χ4v) is 3.05. The molecular weight excluding hydrogens is 386 g/mol. The fraction of sp³-hybridized carbons (Fsp3) is 0.524. The molecule has 9 nitrogen and oxygen atoms in total. The highest BCUT2D eigenvalue weighted by molar-refractivity contribution is 5.86. The second kappa shape index (κ2) is 10.6. The van der Waals surface area contributed by atoms with E-state index in [1.807, 2.05) is 0 Å². The maximum Gasteiger partial charge on any atom is 0.231 e. The lowest BCUT2D eigenvalue weighted by Crippen LogP contribution is -2.34. The molecule has 0 saturated heterocycles. The molecule has 1 amide bonds. The first-order valence-electron chi connectivity index (χ1n) is 9.97. The van der Waals surface area contributed by atoms with Gasteiger partial charge in [-0.25, -0.2) is 4.98 Å². The van der Waals surface area contributed by atoms with Gasteiger partial charge >= 0.3 is 0 Å². The monoisotopic (exact) mass is 417 g/mol. The number of rotatable bonds is 11. The summed E-state index contributed by atoms with van der Waals surface area (Å²) in [4.78, 5) is 24.4. The van der Waals surface area contributed by atoms with Crippen LogP contribution in [0.5, 0.6) is 17.2 Å². The average Bonchev–Trinajstić information content (AvgIpc) is 2.72. The Bertz CT molecular complexity index is 861. The smallest absolute Gasteiger partial charge is 0.231 e. The molecule has 164 valence electrons. The largest absolute Gasteiger partial charge is 0.493 e. The molecule has 0 fully saturated rings. The van der Waals surface area contributed by atoms with E-state index >= 15 is 0 Å². The maximum absolute atomic E-state index is 11.4. The molecule has 2 aromatic heterocycles. The SMILES string of the molecule is CCCC(C)(CC)Nc1nc(NC(C)=O)ncc1OCc1nccc(OC)c1OC. The maximum atomic E-state index is 11.4. The summed E-state index contributed by atoms with van der Waals surface area (Å²) in [5.74, 6) is 2.01. The van der Waals surface area contributed by atoms with Crippen molar-refractivity contribution >= 4 is 17.7 Å². The third-order valence-corrected chi connectivity index (χ3v) is 4.78. The lowest BCUT2D eigenvalue weighted by Gasteiger charge is -2.30. The number of hydrogen-bond donors (Lipinski definition) is 2. The van der Waals surface area contributed by atoms with Crippen LogP contribution in [0.25, 0.3) is 0 Å². The first-order valence-corrected chi connectivity index (χ1v) is 9.97. The van der Waals surface area contributed by atoms with Crippen LogP contribution in [0.3, 0.4) is 0 Å². The van der Waals surface area contributed by atoms with E-state index in [4.69, 9.17) is 14.2 Å². The van der Waals surface area contributed by atoms with Gasteiger partial charge < -0.3 is 19.5 Å². The molecule has 0 aliphatic rings. The van der Waals surface area contributed by atoms with Crippen LogP contribution >= 0.6 is 0 Å². The zero-order valence-electron chi connectivity index (χ0n) is 18.5. The number of hydrogen-bond acceptors (Lipinski definition) is 8. The highest BCUT2D eigenvalue weighted by Crippen LogP contribution is 2.32. The third-order valence-electron chi connectivity index (χ3n) is 4.78. The van der Waals surface area contributed by atoms with Gasteiger partial charge in [0, 0.05) is 24.7 Å². The second-order valence-electron chi connectivity index (χ2n) is 7.16. The lowest BCUT2D eigenvalue weighted by molar-refractivity contribution is -0.114. The highest BCUT2D eigenvalue weighted by atomic mass is 16.5. The Kier molecular flexibility index (Phi) is 8.20. The van der Waals surface area contributed by atoms with Gasteiger partial charge in [0.05, 0.1) is 20.4 Å². The zero-order chi connectivity index (χ0) is 22.1. The first kappa shape index (κ1) is 23.2. The number of methoxy groups -OCH3 is 2. The molecule has 2 N–H and O–H groups in total. The van der Waals surface area contributed by atoms with Crippen LogP contribution in [0, 0.1) is 0 Å². The van der Waals surface area contributed by atoms with Crippen molar-refractivity contribution in [3.63, 3.8) is 0 Å². The molecule has 1 atom stereocenters. The molecule has 2 heterocycles. The van der Waals surface area contributed by atoms with Crippen molar-refractivity contribution in [2.24, 2.45) is 0 Å². The fourth-order valence-electron chi connectivity index (χ4n) is 3.05. The number of nitrogens with one attached hydrogen (secondary N) is 2. The minimum Gasteiger partial charge on any atom is -0.493 e. The van der Waals surface area contributed by atoms with Crippen molar-refractivity contribution in [1.29, 1.82) is 0 Å². The van der Waals surface area contributed by atoms with Crippen molar-refractivity contribution in [2.75, 3.05) is 24.9 Å². The molecule has 0 spiro atoms. The topological polar surface area (TPSA) is 107 Å². The summed E-state index contributed by atoms with van der Waals surface area (Å²) in [6.45, 7) is 7.93. The van der Waals surface area contributed by atoms with E-state index < -0.39 is 0 Å². The van der Waals surface area contributed by atoms with Crippen LogP contribution in [-0.4, -0.2) is 40.6 Å². The van der Waals surface area contributed by atoms with E-state index in [2.05, 4.69) is 46.4 Å². The number of pyridine rings is 1. The Morgan fingerprint density at radius 1 is 1.17 bits per heavy atom.